The molecular weight excluding hydrogens is 300 g/mol. The summed E-state index contributed by atoms with van der Waals surface area (Å²) in [5, 5.41) is 1.66. The number of para-hydroxylation sites is 2. The quantitative estimate of drug-likeness (QED) is 0.713. The molecule has 2 rings (SSSR count). The average molecular weight is 326 g/mol. The zero-order valence-electron chi connectivity index (χ0n) is 15.0. The summed E-state index contributed by atoms with van der Waals surface area (Å²) in [5.74, 6) is -0.219. The molecule has 0 heterocycles. The van der Waals surface area contributed by atoms with Crippen molar-refractivity contribution in [3.8, 4) is 0 Å². The van der Waals surface area contributed by atoms with E-state index in [1.165, 1.54) is 0 Å². The molecule has 2 aromatic carbocycles. The molecule has 0 aliphatic carbocycles. The van der Waals surface area contributed by atoms with Crippen LogP contribution in [0.25, 0.3) is 0 Å². The Morgan fingerprint density at radius 3 is 1.88 bits per heavy atom. The number of aryl methyl sites for hydroxylation is 2. The highest BCUT2D eigenvalue weighted by Crippen LogP contribution is 2.31. The molecule has 2 aromatic rings. The zero-order chi connectivity index (χ0) is 17.5. The maximum absolute atomic E-state index is 12.3. The molecular formula is C20H26N2O2. The Balaban J connectivity index is 2.23. The van der Waals surface area contributed by atoms with E-state index < -0.39 is 0 Å². The maximum atomic E-state index is 12.3. The summed E-state index contributed by atoms with van der Waals surface area (Å²) >= 11 is 0. The fourth-order valence-electron chi connectivity index (χ4n) is 2.50. The van der Waals surface area contributed by atoms with Gasteiger partial charge < -0.3 is 9.74 Å². The number of rotatable bonds is 7. The highest BCUT2D eigenvalue weighted by atomic mass is 16.7. The topological polar surface area (TPSA) is 32.8 Å². The van der Waals surface area contributed by atoms with E-state index in [0.717, 1.165) is 35.5 Å². The van der Waals surface area contributed by atoms with Gasteiger partial charge in [0.15, 0.2) is 0 Å². The molecule has 0 aliphatic heterocycles. The lowest BCUT2D eigenvalue weighted by Crippen LogP contribution is -2.24. The van der Waals surface area contributed by atoms with Crippen molar-refractivity contribution in [3.05, 3.63) is 59.7 Å². The number of nitrogens with zero attached hydrogens (tertiary/aromatic N) is 2. The third-order valence-corrected chi connectivity index (χ3v) is 3.85. The Labute approximate surface area is 144 Å². The number of carbonyl (C=O) groups is 1. The molecule has 0 bridgehead atoms. The van der Waals surface area contributed by atoms with Gasteiger partial charge in [-0.05, 0) is 64.2 Å². The van der Waals surface area contributed by atoms with E-state index in [2.05, 4.69) is 4.90 Å². The van der Waals surface area contributed by atoms with Crippen molar-refractivity contribution < 1.29 is 9.63 Å². The lowest BCUT2D eigenvalue weighted by Gasteiger charge is -2.26. The molecule has 0 aromatic heterocycles. The van der Waals surface area contributed by atoms with Crippen molar-refractivity contribution in [2.45, 2.75) is 26.7 Å². The first-order valence-corrected chi connectivity index (χ1v) is 8.26. The molecule has 0 saturated heterocycles. The molecule has 4 heteroatoms. The molecule has 128 valence electrons. The van der Waals surface area contributed by atoms with Gasteiger partial charge in [0, 0.05) is 6.42 Å². The molecule has 0 radical (unpaired) electrons. The molecule has 4 nitrogen and oxygen atoms in total. The van der Waals surface area contributed by atoms with Crippen LogP contribution >= 0.6 is 0 Å². The van der Waals surface area contributed by atoms with Crippen LogP contribution in [0.15, 0.2) is 48.5 Å². The zero-order valence-corrected chi connectivity index (χ0v) is 15.0. The van der Waals surface area contributed by atoms with Crippen LogP contribution in [0.4, 0.5) is 11.4 Å². The van der Waals surface area contributed by atoms with Gasteiger partial charge in [-0.1, -0.05) is 36.4 Å². The van der Waals surface area contributed by atoms with Gasteiger partial charge in [0.05, 0.1) is 11.4 Å². The molecule has 0 amide bonds. The van der Waals surface area contributed by atoms with Crippen molar-refractivity contribution in [1.29, 1.82) is 0 Å². The number of anilines is 2. The Morgan fingerprint density at radius 1 is 0.917 bits per heavy atom. The van der Waals surface area contributed by atoms with Crippen LogP contribution in [0.5, 0.6) is 0 Å². The molecule has 0 aliphatic rings. The Hall–Kier alpha value is -2.33. The van der Waals surface area contributed by atoms with Crippen molar-refractivity contribution in [2.75, 3.05) is 25.7 Å². The van der Waals surface area contributed by atoms with E-state index >= 15 is 0 Å². The number of hydrogen-bond acceptors (Lipinski definition) is 4. The van der Waals surface area contributed by atoms with Crippen LogP contribution in [0.2, 0.25) is 0 Å². The summed E-state index contributed by atoms with van der Waals surface area (Å²) in [6.07, 6.45) is 1.17. The Bertz CT molecular complexity index is 637. The SMILES string of the molecule is Cc1ccccc1N(OC(=O)CCCN(C)C)c1ccccc1C. The molecule has 0 atom stereocenters. The van der Waals surface area contributed by atoms with Crippen LogP contribution in [0, 0.1) is 13.8 Å². The first-order valence-electron chi connectivity index (χ1n) is 8.26. The van der Waals surface area contributed by atoms with E-state index in [4.69, 9.17) is 4.84 Å². The van der Waals surface area contributed by atoms with Crippen molar-refractivity contribution in [3.63, 3.8) is 0 Å². The molecule has 0 saturated carbocycles. The molecule has 0 spiro atoms. The summed E-state index contributed by atoms with van der Waals surface area (Å²) in [6.45, 7) is 4.89. The number of benzene rings is 2. The van der Waals surface area contributed by atoms with Gasteiger partial charge in [-0.2, -0.15) is 5.06 Å². The van der Waals surface area contributed by atoms with Crippen molar-refractivity contribution >= 4 is 17.3 Å². The van der Waals surface area contributed by atoms with Gasteiger partial charge >= 0.3 is 5.97 Å². The summed E-state index contributed by atoms with van der Waals surface area (Å²) < 4.78 is 0. The van der Waals surface area contributed by atoms with Gasteiger partial charge in [-0.15, -0.1) is 0 Å². The Morgan fingerprint density at radius 2 is 1.42 bits per heavy atom. The molecule has 24 heavy (non-hydrogen) atoms. The van der Waals surface area contributed by atoms with E-state index in [1.807, 2.05) is 76.5 Å². The molecule has 0 unspecified atom stereocenters. The van der Waals surface area contributed by atoms with Crippen LogP contribution in [-0.4, -0.2) is 31.5 Å². The van der Waals surface area contributed by atoms with E-state index in [1.54, 1.807) is 5.06 Å². The molecule has 0 N–H and O–H groups in total. The fourth-order valence-corrected chi connectivity index (χ4v) is 2.50. The van der Waals surface area contributed by atoms with Crippen LogP contribution < -0.4 is 5.06 Å². The van der Waals surface area contributed by atoms with Gasteiger partial charge in [0.2, 0.25) is 0 Å². The lowest BCUT2D eigenvalue weighted by atomic mass is 10.1. The number of carbonyl (C=O) groups excluding carboxylic acids is 1. The lowest BCUT2D eigenvalue weighted by molar-refractivity contribution is -0.143. The summed E-state index contributed by atoms with van der Waals surface area (Å²) in [6, 6.07) is 15.8. The van der Waals surface area contributed by atoms with Crippen molar-refractivity contribution in [2.24, 2.45) is 0 Å². The van der Waals surface area contributed by atoms with Crippen molar-refractivity contribution in [1.82, 2.24) is 4.90 Å². The van der Waals surface area contributed by atoms with E-state index in [-0.39, 0.29) is 5.97 Å². The highest BCUT2D eigenvalue weighted by Gasteiger charge is 2.18. The van der Waals surface area contributed by atoms with Gasteiger partial charge in [-0.3, -0.25) is 0 Å². The van der Waals surface area contributed by atoms with Gasteiger partial charge in [0.1, 0.15) is 0 Å². The van der Waals surface area contributed by atoms with Crippen LogP contribution in [0.3, 0.4) is 0 Å². The second-order valence-corrected chi connectivity index (χ2v) is 6.24. The average Bonchev–Trinajstić information content (AvgIpc) is 2.54. The third kappa shape index (κ3) is 4.83. The smallest absolute Gasteiger partial charge is 0.332 e. The van der Waals surface area contributed by atoms with Gasteiger partial charge in [0.25, 0.3) is 0 Å². The minimum atomic E-state index is -0.219. The number of hydrogen-bond donors (Lipinski definition) is 0. The second-order valence-electron chi connectivity index (χ2n) is 6.24. The Kier molecular flexibility index (Phi) is 6.38. The first kappa shape index (κ1) is 18.0. The van der Waals surface area contributed by atoms with E-state index in [0.29, 0.717) is 6.42 Å². The minimum absolute atomic E-state index is 0.219. The normalized spacial score (nSPS) is 10.7. The fraction of sp³-hybridized carbons (Fsp3) is 0.350. The largest absolute Gasteiger partial charge is 0.336 e. The van der Waals surface area contributed by atoms with Crippen LogP contribution in [0.1, 0.15) is 24.0 Å². The summed E-state index contributed by atoms with van der Waals surface area (Å²) in [4.78, 5) is 20.1. The van der Waals surface area contributed by atoms with E-state index in [9.17, 15) is 4.79 Å². The maximum Gasteiger partial charge on any atom is 0.332 e. The minimum Gasteiger partial charge on any atom is -0.336 e. The van der Waals surface area contributed by atoms with Gasteiger partial charge in [-0.25, -0.2) is 4.79 Å². The standard InChI is InChI=1S/C20H26N2O2/c1-16-10-5-7-12-18(16)22(19-13-8-6-11-17(19)2)24-20(23)14-9-15-21(3)4/h5-8,10-13H,9,14-15H2,1-4H3. The predicted octanol–water partition coefficient (Wildman–Crippen LogP) is 4.24. The first-order chi connectivity index (χ1) is 11.5. The second kappa shape index (κ2) is 8.50. The van der Waals surface area contributed by atoms with Crippen LogP contribution in [-0.2, 0) is 9.63 Å². The highest BCUT2D eigenvalue weighted by molar-refractivity contribution is 5.75. The monoisotopic (exact) mass is 326 g/mol. The molecule has 0 fully saturated rings. The third-order valence-electron chi connectivity index (χ3n) is 3.85. The predicted molar refractivity (Wildman–Crippen MR) is 98.4 cm³/mol. The summed E-state index contributed by atoms with van der Waals surface area (Å²) in [5.41, 5.74) is 3.88. The summed E-state index contributed by atoms with van der Waals surface area (Å²) in [7, 11) is 4.00.